The average Bonchev–Trinajstić information content (AvgIpc) is 2.86. The van der Waals surface area contributed by atoms with E-state index in [0.29, 0.717) is 24.3 Å². The number of aliphatic hydroxyl groups is 3. The Morgan fingerprint density at radius 1 is 1.35 bits per heavy atom. The van der Waals surface area contributed by atoms with Crippen LogP contribution >= 0.6 is 0 Å². The fourth-order valence-electron chi connectivity index (χ4n) is 7.04. The molecule has 4 nitrogen and oxygen atoms in total. The van der Waals surface area contributed by atoms with Gasteiger partial charge >= 0.3 is 0 Å². The van der Waals surface area contributed by atoms with Crippen LogP contribution in [0.4, 0.5) is 0 Å². The lowest BCUT2D eigenvalue weighted by Gasteiger charge is -2.60. The Morgan fingerprint density at radius 3 is 2.77 bits per heavy atom. The van der Waals surface area contributed by atoms with Crippen molar-refractivity contribution in [1.29, 1.82) is 0 Å². The lowest BCUT2D eigenvalue weighted by molar-refractivity contribution is -0.153. The van der Waals surface area contributed by atoms with E-state index in [-0.39, 0.29) is 29.6 Å². The molecule has 7 atom stereocenters. The molecule has 0 saturated heterocycles. The van der Waals surface area contributed by atoms with Gasteiger partial charge in [-0.2, -0.15) is 0 Å². The summed E-state index contributed by atoms with van der Waals surface area (Å²) >= 11 is 0. The van der Waals surface area contributed by atoms with Crippen LogP contribution in [0, 0.1) is 28.6 Å². The van der Waals surface area contributed by atoms with Gasteiger partial charge in [-0.3, -0.25) is 4.79 Å². The molecule has 0 aliphatic heterocycles. The van der Waals surface area contributed by atoms with Gasteiger partial charge in [0, 0.05) is 16.7 Å². The number of carbonyl (C=O) groups is 1. The summed E-state index contributed by atoms with van der Waals surface area (Å²) in [6.45, 7) is 7.94. The largest absolute Gasteiger partial charge is 0.393 e. The third-order valence-electron chi connectivity index (χ3n) is 8.42. The highest BCUT2D eigenvalue weighted by atomic mass is 16.3. The Morgan fingerprint density at radius 2 is 2.08 bits per heavy atom. The first-order valence-corrected chi connectivity index (χ1v) is 9.81. The third-order valence-corrected chi connectivity index (χ3v) is 8.42. The van der Waals surface area contributed by atoms with Gasteiger partial charge in [-0.05, 0) is 61.7 Å². The molecular formula is C22H30O4. The zero-order valence-electron chi connectivity index (χ0n) is 15.7. The van der Waals surface area contributed by atoms with Crippen LogP contribution in [0.5, 0.6) is 0 Å². The highest BCUT2D eigenvalue weighted by Crippen LogP contribution is 2.67. The summed E-state index contributed by atoms with van der Waals surface area (Å²) in [5.74, 6) is 0.688. The number of ketones is 1. The SMILES string of the molecule is C=C(CO)C1(O)CCC2C3CCC4=CC(=O)C=CC4(C)C3C(O)CC21C. The van der Waals surface area contributed by atoms with E-state index in [0.717, 1.165) is 24.8 Å². The maximum atomic E-state index is 11.8. The Kier molecular flexibility index (Phi) is 3.93. The van der Waals surface area contributed by atoms with E-state index in [1.807, 2.05) is 6.08 Å². The first kappa shape index (κ1) is 18.1. The van der Waals surface area contributed by atoms with Gasteiger partial charge < -0.3 is 15.3 Å². The fraction of sp³-hybridized carbons (Fsp3) is 0.682. The van der Waals surface area contributed by atoms with Gasteiger partial charge in [0.1, 0.15) is 0 Å². The minimum absolute atomic E-state index is 0.0422. The maximum Gasteiger partial charge on any atom is 0.178 e. The molecule has 0 heterocycles. The van der Waals surface area contributed by atoms with Crippen LogP contribution in [-0.2, 0) is 4.79 Å². The van der Waals surface area contributed by atoms with E-state index >= 15 is 0 Å². The first-order chi connectivity index (χ1) is 12.2. The van der Waals surface area contributed by atoms with Crippen molar-refractivity contribution in [2.45, 2.75) is 57.7 Å². The number of hydrogen-bond donors (Lipinski definition) is 3. The van der Waals surface area contributed by atoms with Gasteiger partial charge in [-0.25, -0.2) is 0 Å². The van der Waals surface area contributed by atoms with E-state index in [9.17, 15) is 20.1 Å². The molecule has 0 spiro atoms. The van der Waals surface area contributed by atoms with Crippen molar-refractivity contribution < 1.29 is 20.1 Å². The monoisotopic (exact) mass is 358 g/mol. The molecule has 3 fully saturated rings. The minimum atomic E-state index is -1.12. The smallest absolute Gasteiger partial charge is 0.178 e. The van der Waals surface area contributed by atoms with Crippen molar-refractivity contribution in [3.05, 3.63) is 36.0 Å². The quantitative estimate of drug-likeness (QED) is 0.663. The summed E-state index contributed by atoms with van der Waals surface area (Å²) in [5, 5.41) is 32.3. The summed E-state index contributed by atoms with van der Waals surface area (Å²) in [6, 6.07) is 0. The van der Waals surface area contributed by atoms with E-state index in [1.54, 1.807) is 12.2 Å². The molecule has 3 N–H and O–H groups in total. The lowest BCUT2D eigenvalue weighted by atomic mass is 9.46. The van der Waals surface area contributed by atoms with Crippen LogP contribution in [0.3, 0.4) is 0 Å². The number of fused-ring (bicyclic) bond motifs is 5. The standard InChI is InChI=1S/C22H30O4/c1-13(12-23)22(26)9-7-17-16-5-4-14-10-15(24)6-8-20(14,2)19(16)18(25)11-21(17,22)3/h6,8,10,16-19,23,25-26H,1,4-5,7,9,11-12H2,2-3H3. The van der Waals surface area contributed by atoms with Gasteiger partial charge in [-0.1, -0.05) is 32.1 Å². The Balaban J connectivity index is 1.75. The second-order valence-corrected chi connectivity index (χ2v) is 9.37. The van der Waals surface area contributed by atoms with Gasteiger partial charge in [0.05, 0.1) is 18.3 Å². The van der Waals surface area contributed by atoms with Crippen LogP contribution in [0.2, 0.25) is 0 Å². The highest BCUT2D eigenvalue weighted by molar-refractivity contribution is 6.01. The molecule has 0 amide bonds. The van der Waals surface area contributed by atoms with Gasteiger partial charge in [0.25, 0.3) is 0 Å². The molecule has 0 aromatic heterocycles. The van der Waals surface area contributed by atoms with Crippen molar-refractivity contribution in [2.75, 3.05) is 6.61 Å². The molecule has 0 aromatic rings. The van der Waals surface area contributed by atoms with Crippen LogP contribution in [0.1, 0.15) is 46.0 Å². The molecule has 4 heteroatoms. The highest BCUT2D eigenvalue weighted by Gasteiger charge is 2.66. The average molecular weight is 358 g/mol. The molecule has 4 aliphatic carbocycles. The van der Waals surface area contributed by atoms with Crippen molar-refractivity contribution in [1.82, 2.24) is 0 Å². The van der Waals surface area contributed by atoms with Crippen molar-refractivity contribution in [3.63, 3.8) is 0 Å². The number of hydrogen-bond acceptors (Lipinski definition) is 4. The second kappa shape index (κ2) is 5.63. The summed E-state index contributed by atoms with van der Waals surface area (Å²) < 4.78 is 0. The zero-order chi connectivity index (χ0) is 18.9. The Hall–Kier alpha value is -1.23. The molecule has 0 aromatic carbocycles. The Bertz CT molecular complexity index is 722. The van der Waals surface area contributed by atoms with E-state index in [2.05, 4.69) is 20.4 Å². The molecule has 26 heavy (non-hydrogen) atoms. The topological polar surface area (TPSA) is 77.8 Å². The number of allylic oxidation sites excluding steroid dienone is 4. The molecule has 7 unspecified atom stereocenters. The predicted octanol–water partition coefficient (Wildman–Crippen LogP) is 2.54. The van der Waals surface area contributed by atoms with E-state index < -0.39 is 17.1 Å². The second-order valence-electron chi connectivity index (χ2n) is 9.37. The van der Waals surface area contributed by atoms with Crippen molar-refractivity contribution in [2.24, 2.45) is 28.6 Å². The predicted molar refractivity (Wildman–Crippen MR) is 99.2 cm³/mol. The van der Waals surface area contributed by atoms with Crippen molar-refractivity contribution >= 4 is 5.78 Å². The Labute approximate surface area is 155 Å². The van der Waals surface area contributed by atoms with Crippen molar-refractivity contribution in [3.8, 4) is 0 Å². The van der Waals surface area contributed by atoms with Gasteiger partial charge in [0.2, 0.25) is 0 Å². The van der Waals surface area contributed by atoms with Crippen LogP contribution < -0.4 is 0 Å². The number of aliphatic hydroxyl groups excluding tert-OH is 2. The molecule has 0 bridgehead atoms. The van der Waals surface area contributed by atoms with E-state index in [4.69, 9.17) is 0 Å². The zero-order valence-corrected chi connectivity index (χ0v) is 15.7. The van der Waals surface area contributed by atoms with Gasteiger partial charge in [-0.15, -0.1) is 0 Å². The lowest BCUT2D eigenvalue weighted by Crippen LogP contribution is -2.59. The first-order valence-electron chi connectivity index (χ1n) is 9.81. The minimum Gasteiger partial charge on any atom is -0.393 e. The molecule has 0 radical (unpaired) electrons. The fourth-order valence-corrected chi connectivity index (χ4v) is 7.04. The number of carbonyl (C=O) groups excluding carboxylic acids is 1. The number of rotatable bonds is 2. The summed E-state index contributed by atoms with van der Waals surface area (Å²) in [6.07, 6.45) is 8.64. The molecule has 4 aliphatic rings. The molecule has 4 rings (SSSR count). The third kappa shape index (κ3) is 2.10. The molecule has 142 valence electrons. The van der Waals surface area contributed by atoms with Crippen LogP contribution in [-0.4, -0.2) is 39.4 Å². The summed E-state index contributed by atoms with van der Waals surface area (Å²) in [5.41, 5.74) is -0.264. The summed E-state index contributed by atoms with van der Waals surface area (Å²) in [7, 11) is 0. The molecular weight excluding hydrogens is 328 g/mol. The summed E-state index contributed by atoms with van der Waals surface area (Å²) in [4.78, 5) is 11.8. The van der Waals surface area contributed by atoms with Crippen LogP contribution in [0.25, 0.3) is 0 Å². The van der Waals surface area contributed by atoms with Gasteiger partial charge in [0.15, 0.2) is 5.78 Å². The maximum absolute atomic E-state index is 11.8. The normalized spacial score (nSPS) is 49.9. The molecule has 3 saturated carbocycles. The van der Waals surface area contributed by atoms with Crippen LogP contribution in [0.15, 0.2) is 36.0 Å². The van der Waals surface area contributed by atoms with E-state index in [1.165, 1.54) is 0 Å².